The first-order chi connectivity index (χ1) is 11.1. The van der Waals surface area contributed by atoms with E-state index in [9.17, 15) is 9.59 Å². The summed E-state index contributed by atoms with van der Waals surface area (Å²) in [6.07, 6.45) is 0.0369. The smallest absolute Gasteiger partial charge is 0.407 e. The van der Waals surface area contributed by atoms with Gasteiger partial charge in [0.15, 0.2) is 0 Å². The Hall–Kier alpha value is -2.56. The lowest BCUT2D eigenvalue weighted by molar-refractivity contribution is -0.131. The lowest BCUT2D eigenvalue weighted by atomic mass is 10.0. The third-order valence-electron chi connectivity index (χ3n) is 4.44. The van der Waals surface area contributed by atoms with Gasteiger partial charge in [-0.15, -0.1) is 0 Å². The Balaban J connectivity index is 1.78. The first kappa shape index (κ1) is 15.3. The van der Waals surface area contributed by atoms with Crippen molar-refractivity contribution in [3.05, 3.63) is 48.0 Å². The van der Waals surface area contributed by atoms with Gasteiger partial charge in [0, 0.05) is 6.54 Å². The van der Waals surface area contributed by atoms with Gasteiger partial charge < -0.3 is 15.0 Å². The van der Waals surface area contributed by atoms with E-state index in [1.54, 1.807) is 0 Å². The predicted octanol–water partition coefficient (Wildman–Crippen LogP) is 2.86. The molecule has 2 aromatic carbocycles. The van der Waals surface area contributed by atoms with Gasteiger partial charge >= 0.3 is 6.09 Å². The molecule has 0 radical (unpaired) electrons. The minimum atomic E-state index is -0.566. The Morgan fingerprint density at radius 2 is 2.00 bits per heavy atom. The van der Waals surface area contributed by atoms with Gasteiger partial charge in [0.25, 0.3) is 0 Å². The molecule has 2 atom stereocenters. The van der Waals surface area contributed by atoms with E-state index in [-0.39, 0.29) is 11.9 Å². The number of carbonyl (C=O) groups is 2. The molecule has 5 heteroatoms. The van der Waals surface area contributed by atoms with Crippen molar-refractivity contribution in [2.75, 3.05) is 13.7 Å². The topological polar surface area (TPSA) is 58.6 Å². The van der Waals surface area contributed by atoms with Gasteiger partial charge in [-0.05, 0) is 35.7 Å². The number of nitrogens with zero attached hydrogens (tertiary/aromatic N) is 1. The molecule has 1 N–H and O–H groups in total. The van der Waals surface area contributed by atoms with Crippen molar-refractivity contribution in [3.8, 4) is 0 Å². The number of ether oxygens (including phenoxy) is 1. The van der Waals surface area contributed by atoms with Crippen molar-refractivity contribution in [2.45, 2.75) is 25.4 Å². The Morgan fingerprint density at radius 3 is 2.74 bits per heavy atom. The Labute approximate surface area is 135 Å². The number of benzene rings is 2. The second-order valence-corrected chi connectivity index (χ2v) is 5.79. The van der Waals surface area contributed by atoms with Crippen LogP contribution in [0.25, 0.3) is 10.8 Å². The number of amides is 2. The maximum Gasteiger partial charge on any atom is 0.407 e. The Bertz CT molecular complexity index is 744. The lowest BCUT2D eigenvalue weighted by Crippen LogP contribution is -2.42. The largest absolute Gasteiger partial charge is 0.453 e. The molecule has 1 saturated heterocycles. The highest BCUT2D eigenvalue weighted by Gasteiger charge is 2.35. The Morgan fingerprint density at radius 1 is 1.26 bits per heavy atom. The molecular formula is C18H20N2O3. The van der Waals surface area contributed by atoms with Crippen LogP contribution in [0.2, 0.25) is 0 Å². The van der Waals surface area contributed by atoms with Gasteiger partial charge in [-0.3, -0.25) is 4.79 Å². The van der Waals surface area contributed by atoms with Crippen LogP contribution in [0, 0.1) is 0 Å². The molecule has 5 nitrogen and oxygen atoms in total. The van der Waals surface area contributed by atoms with Crippen LogP contribution in [-0.2, 0) is 9.53 Å². The van der Waals surface area contributed by atoms with Crippen molar-refractivity contribution < 1.29 is 14.3 Å². The molecule has 0 unspecified atom stereocenters. The molecule has 2 aromatic rings. The highest BCUT2D eigenvalue weighted by Crippen LogP contribution is 2.28. The fraction of sp³-hybridized carbons (Fsp3) is 0.333. The van der Waals surface area contributed by atoms with E-state index in [4.69, 9.17) is 0 Å². The highest BCUT2D eigenvalue weighted by molar-refractivity contribution is 5.88. The molecule has 23 heavy (non-hydrogen) atoms. The van der Waals surface area contributed by atoms with Crippen LogP contribution in [0.15, 0.2) is 42.5 Å². The SMILES string of the molecule is COC(=O)N[C@@H]1CCN([C@H](C)c2ccc3ccccc3c2)C1=O. The van der Waals surface area contributed by atoms with Crippen molar-refractivity contribution in [1.29, 1.82) is 0 Å². The normalized spacial score (nSPS) is 19.0. The van der Waals surface area contributed by atoms with Crippen molar-refractivity contribution in [3.63, 3.8) is 0 Å². The van der Waals surface area contributed by atoms with Crippen molar-refractivity contribution in [2.24, 2.45) is 0 Å². The number of hydrogen-bond acceptors (Lipinski definition) is 3. The second kappa shape index (κ2) is 6.28. The van der Waals surface area contributed by atoms with Crippen LogP contribution in [0.3, 0.4) is 0 Å². The van der Waals surface area contributed by atoms with Crippen LogP contribution in [0.5, 0.6) is 0 Å². The number of alkyl carbamates (subject to hydrolysis) is 1. The molecule has 1 heterocycles. The number of fused-ring (bicyclic) bond motifs is 1. The van der Waals surface area contributed by atoms with Crippen LogP contribution < -0.4 is 5.32 Å². The van der Waals surface area contributed by atoms with Crippen LogP contribution in [0.4, 0.5) is 4.79 Å². The fourth-order valence-electron chi connectivity index (χ4n) is 3.07. The van der Waals surface area contributed by atoms with E-state index in [1.807, 2.05) is 24.0 Å². The zero-order valence-corrected chi connectivity index (χ0v) is 13.3. The van der Waals surface area contributed by atoms with E-state index < -0.39 is 12.1 Å². The third-order valence-corrected chi connectivity index (χ3v) is 4.44. The summed E-state index contributed by atoms with van der Waals surface area (Å²) in [6.45, 7) is 2.64. The summed E-state index contributed by atoms with van der Waals surface area (Å²) in [5.74, 6) is -0.0592. The second-order valence-electron chi connectivity index (χ2n) is 5.79. The molecule has 0 bridgehead atoms. The number of nitrogens with one attached hydrogen (secondary N) is 1. The maximum atomic E-state index is 12.5. The fourth-order valence-corrected chi connectivity index (χ4v) is 3.07. The molecular weight excluding hydrogens is 292 g/mol. The van der Waals surface area contributed by atoms with Crippen molar-refractivity contribution >= 4 is 22.8 Å². The molecule has 3 rings (SSSR count). The average molecular weight is 312 g/mol. The first-order valence-corrected chi connectivity index (χ1v) is 7.74. The summed E-state index contributed by atoms with van der Waals surface area (Å²) in [7, 11) is 1.30. The van der Waals surface area contributed by atoms with E-state index in [0.29, 0.717) is 13.0 Å². The van der Waals surface area contributed by atoms with Crippen LogP contribution in [0.1, 0.15) is 24.9 Å². The monoisotopic (exact) mass is 312 g/mol. The van der Waals surface area contributed by atoms with Crippen LogP contribution in [-0.4, -0.2) is 36.6 Å². The van der Waals surface area contributed by atoms with Gasteiger partial charge in [-0.25, -0.2) is 4.79 Å². The molecule has 0 spiro atoms. The summed E-state index contributed by atoms with van der Waals surface area (Å²) in [6, 6.07) is 13.9. The van der Waals surface area contributed by atoms with E-state index in [2.05, 4.69) is 40.4 Å². The minimum Gasteiger partial charge on any atom is -0.453 e. The molecule has 0 aromatic heterocycles. The molecule has 1 aliphatic rings. The van der Waals surface area contributed by atoms with Gasteiger partial charge in [-0.2, -0.15) is 0 Å². The quantitative estimate of drug-likeness (QED) is 0.948. The van der Waals surface area contributed by atoms with E-state index >= 15 is 0 Å². The summed E-state index contributed by atoms with van der Waals surface area (Å²) in [4.78, 5) is 25.6. The molecule has 0 saturated carbocycles. The number of rotatable bonds is 3. The van der Waals surface area contributed by atoms with E-state index in [0.717, 1.165) is 10.9 Å². The highest BCUT2D eigenvalue weighted by atomic mass is 16.5. The predicted molar refractivity (Wildman–Crippen MR) is 88.0 cm³/mol. The minimum absolute atomic E-state index is 0.0310. The number of likely N-dealkylation sites (tertiary alicyclic amines) is 1. The molecule has 2 amide bonds. The average Bonchev–Trinajstić information content (AvgIpc) is 2.94. The first-order valence-electron chi connectivity index (χ1n) is 7.74. The number of methoxy groups -OCH3 is 1. The third kappa shape index (κ3) is 2.99. The zero-order chi connectivity index (χ0) is 16.4. The zero-order valence-electron chi connectivity index (χ0n) is 13.3. The molecule has 1 aliphatic heterocycles. The number of carbonyl (C=O) groups excluding carboxylic acids is 2. The van der Waals surface area contributed by atoms with Crippen molar-refractivity contribution in [1.82, 2.24) is 10.2 Å². The maximum absolute atomic E-state index is 12.5. The van der Waals surface area contributed by atoms with Gasteiger partial charge in [-0.1, -0.05) is 36.4 Å². The summed E-state index contributed by atoms with van der Waals surface area (Å²) in [5.41, 5.74) is 1.09. The lowest BCUT2D eigenvalue weighted by Gasteiger charge is -2.25. The summed E-state index contributed by atoms with van der Waals surface area (Å²) in [5, 5.41) is 4.93. The molecule has 1 fully saturated rings. The summed E-state index contributed by atoms with van der Waals surface area (Å²) >= 11 is 0. The standard InChI is InChI=1S/C18H20N2O3/c1-12(14-8-7-13-5-3-4-6-15(13)11-14)20-10-9-16(17(20)21)19-18(22)23-2/h3-8,11-12,16H,9-10H2,1-2H3,(H,19,22)/t12-,16-/m1/s1. The van der Waals surface area contributed by atoms with Gasteiger partial charge in [0.1, 0.15) is 6.04 Å². The van der Waals surface area contributed by atoms with Crippen LogP contribution >= 0.6 is 0 Å². The van der Waals surface area contributed by atoms with Gasteiger partial charge in [0.05, 0.1) is 13.2 Å². The Kier molecular flexibility index (Phi) is 4.19. The van der Waals surface area contributed by atoms with E-state index in [1.165, 1.54) is 12.5 Å². The molecule has 0 aliphatic carbocycles. The summed E-state index contributed by atoms with van der Waals surface area (Å²) < 4.78 is 4.57. The number of hydrogen-bond donors (Lipinski definition) is 1. The van der Waals surface area contributed by atoms with Gasteiger partial charge in [0.2, 0.25) is 5.91 Å². The molecule has 120 valence electrons.